The number of cyclic esters (lactones) is 1. The number of esters is 1. The topological polar surface area (TPSA) is 147 Å². The second kappa shape index (κ2) is 10.8. The summed E-state index contributed by atoms with van der Waals surface area (Å²) in [5.41, 5.74) is 2.17. The van der Waals surface area contributed by atoms with Crippen LogP contribution in [0.5, 0.6) is 0 Å². The highest BCUT2D eigenvalue weighted by molar-refractivity contribution is 5.93. The molecule has 7 aliphatic rings. The lowest BCUT2D eigenvalue weighted by atomic mass is 9.81. The number of hydrogen-bond acceptors (Lipinski definition) is 10. The number of aliphatic hydroxyl groups is 1. The molecule has 5 heterocycles. The fourth-order valence-electron chi connectivity index (χ4n) is 10.4. The molecule has 7 atom stereocenters. The molecule has 2 bridgehead atoms. The summed E-state index contributed by atoms with van der Waals surface area (Å²) >= 11 is 0. The van der Waals surface area contributed by atoms with Crippen LogP contribution in [-0.4, -0.2) is 44.4 Å². The number of alkyl carbamates (subject to hydrolysis) is 1. The van der Waals surface area contributed by atoms with Gasteiger partial charge in [-0.05, 0) is 87.0 Å². The number of ether oxygens (including phenoxy) is 3. The third-order valence-corrected chi connectivity index (χ3v) is 13.0. The lowest BCUT2D eigenvalue weighted by Crippen LogP contribution is -2.45. The maximum absolute atomic E-state index is 15.3. The summed E-state index contributed by atoms with van der Waals surface area (Å²) in [4.78, 5) is 57.1. The maximum Gasteiger partial charge on any atom is 0.407 e. The van der Waals surface area contributed by atoms with Gasteiger partial charge in [0.2, 0.25) is 11.6 Å². The van der Waals surface area contributed by atoms with Crippen molar-refractivity contribution >= 4 is 23.0 Å². The summed E-state index contributed by atoms with van der Waals surface area (Å²) in [6.07, 6.45) is 6.68. The third-order valence-electron chi connectivity index (χ3n) is 13.0. The Kier molecular flexibility index (Phi) is 6.74. The van der Waals surface area contributed by atoms with Gasteiger partial charge in [-0.25, -0.2) is 19.0 Å². The number of nitrogens with one attached hydrogen (secondary N) is 1. The van der Waals surface area contributed by atoms with Crippen LogP contribution in [0.1, 0.15) is 111 Å². The highest BCUT2D eigenvalue weighted by atomic mass is 19.1. The molecule has 12 nitrogen and oxygen atoms in total. The average Bonchev–Trinajstić information content (AvgIpc) is 3.89. The van der Waals surface area contributed by atoms with Gasteiger partial charge in [0, 0.05) is 47.8 Å². The van der Waals surface area contributed by atoms with Gasteiger partial charge in [-0.3, -0.25) is 4.79 Å². The number of nitrogens with zero attached hydrogens (tertiary/aromatic N) is 2. The van der Waals surface area contributed by atoms with Crippen LogP contribution in [0.2, 0.25) is 0 Å². The Morgan fingerprint density at radius 2 is 2.00 bits per heavy atom. The molecule has 268 valence electrons. The lowest BCUT2D eigenvalue weighted by molar-refractivity contribution is -0.363. The molecule has 1 saturated heterocycles. The third kappa shape index (κ3) is 4.44. The molecule has 3 aromatic rings. The summed E-state index contributed by atoms with van der Waals surface area (Å²) in [5, 5.41) is 15.2. The smallest absolute Gasteiger partial charge is 0.407 e. The Labute approximate surface area is 292 Å². The second-order valence-electron chi connectivity index (χ2n) is 15.7. The predicted molar refractivity (Wildman–Crippen MR) is 176 cm³/mol. The molecule has 3 saturated carbocycles. The largest absolute Gasteiger partial charge is 0.458 e. The van der Waals surface area contributed by atoms with Crippen molar-refractivity contribution in [3.05, 3.63) is 61.7 Å². The minimum atomic E-state index is -1.98. The summed E-state index contributed by atoms with van der Waals surface area (Å²) in [6, 6.07) is 2.52. The standard InChI is InChI=1S/C38H40FN3O9/c1-3-37(46)25-12-29-32-23(16-42(29)33(43)24(25)17-47-34(37)44)31-27(9-8-22-18(2)26(39)13-28(40-32)30(22)31)41-35(45)48-21-5-4-10-36(15-21)49-38(51-50-36)14-19-6-7-20(38)11-19/h12-13,19-21,27,46H,3-11,14-17H2,1-2H3,(H,41,45)/t19-,20+,21?,27+,36?,37+,38+/m1/s1. The van der Waals surface area contributed by atoms with E-state index in [9.17, 15) is 19.5 Å². The van der Waals surface area contributed by atoms with Crippen LogP contribution < -0.4 is 10.9 Å². The molecule has 0 radical (unpaired) electrons. The number of aryl methyl sites for hydroxylation is 1. The monoisotopic (exact) mass is 701 g/mol. The van der Waals surface area contributed by atoms with E-state index >= 15 is 4.39 Å². The Bertz CT molecular complexity index is 2140. The summed E-state index contributed by atoms with van der Waals surface area (Å²) < 4.78 is 34.8. The van der Waals surface area contributed by atoms with Crippen molar-refractivity contribution < 1.29 is 43.1 Å². The Hall–Kier alpha value is -3.91. The first-order valence-electron chi connectivity index (χ1n) is 18.4. The second-order valence-corrected chi connectivity index (χ2v) is 15.7. The van der Waals surface area contributed by atoms with Crippen LogP contribution in [0.3, 0.4) is 0 Å². The Morgan fingerprint density at radius 3 is 2.78 bits per heavy atom. The van der Waals surface area contributed by atoms with Crippen LogP contribution in [0.4, 0.5) is 9.18 Å². The number of benzene rings is 1. The van der Waals surface area contributed by atoms with E-state index in [1.165, 1.54) is 12.5 Å². The van der Waals surface area contributed by atoms with Crippen LogP contribution in [-0.2, 0) is 54.0 Å². The van der Waals surface area contributed by atoms with Crippen molar-refractivity contribution in [3.63, 3.8) is 0 Å². The molecule has 3 aliphatic heterocycles. The molecule has 2 spiro atoms. The van der Waals surface area contributed by atoms with Crippen LogP contribution in [0.15, 0.2) is 16.9 Å². The first-order valence-corrected chi connectivity index (χ1v) is 18.4. The van der Waals surface area contributed by atoms with E-state index in [4.69, 9.17) is 29.0 Å². The van der Waals surface area contributed by atoms with Crippen LogP contribution >= 0.6 is 0 Å². The van der Waals surface area contributed by atoms with E-state index in [-0.39, 0.29) is 36.5 Å². The Morgan fingerprint density at radius 1 is 1.14 bits per heavy atom. The fourth-order valence-corrected chi connectivity index (χ4v) is 10.4. The van der Waals surface area contributed by atoms with Crippen molar-refractivity contribution in [1.29, 1.82) is 0 Å². The number of aromatic nitrogens is 2. The van der Waals surface area contributed by atoms with E-state index in [1.54, 1.807) is 24.5 Å². The number of fused-ring (bicyclic) bond motifs is 8. The number of carbonyl (C=O) groups is 2. The molecule has 4 aliphatic carbocycles. The van der Waals surface area contributed by atoms with Crippen LogP contribution in [0.25, 0.3) is 22.3 Å². The van der Waals surface area contributed by atoms with Gasteiger partial charge in [-0.15, -0.1) is 0 Å². The van der Waals surface area contributed by atoms with Crippen molar-refractivity contribution in [3.8, 4) is 11.4 Å². The molecule has 2 unspecified atom stereocenters. The summed E-state index contributed by atoms with van der Waals surface area (Å²) in [5.74, 6) is -1.88. The molecule has 1 aromatic carbocycles. The number of carbonyl (C=O) groups excluding carboxylic acids is 2. The lowest BCUT2D eigenvalue weighted by Gasteiger charge is -2.37. The quantitative estimate of drug-likeness (QED) is 0.211. The zero-order valence-corrected chi connectivity index (χ0v) is 28.6. The molecule has 2 aromatic heterocycles. The van der Waals surface area contributed by atoms with Gasteiger partial charge >= 0.3 is 12.1 Å². The van der Waals surface area contributed by atoms with E-state index in [1.807, 2.05) is 0 Å². The zero-order chi connectivity index (χ0) is 35.0. The van der Waals surface area contributed by atoms with Gasteiger partial charge in [0.15, 0.2) is 5.60 Å². The van der Waals surface area contributed by atoms with E-state index < -0.39 is 46.9 Å². The molecule has 13 heteroatoms. The fraction of sp³-hybridized carbons (Fsp3) is 0.579. The normalized spacial score (nSPS) is 34.2. The maximum atomic E-state index is 15.3. The number of hydrogen-bond donors (Lipinski definition) is 2. The predicted octanol–water partition coefficient (Wildman–Crippen LogP) is 5.37. The number of halogens is 1. The first kappa shape index (κ1) is 31.8. The van der Waals surface area contributed by atoms with Gasteiger partial charge in [-0.2, -0.15) is 9.78 Å². The number of pyridine rings is 2. The highest BCUT2D eigenvalue weighted by Crippen LogP contribution is 2.59. The Balaban J connectivity index is 0.978. The minimum absolute atomic E-state index is 0.0161. The average molecular weight is 702 g/mol. The molecule has 51 heavy (non-hydrogen) atoms. The van der Waals surface area contributed by atoms with Crippen molar-refractivity contribution in [2.75, 3.05) is 0 Å². The van der Waals surface area contributed by atoms with E-state index in [0.717, 1.165) is 47.8 Å². The minimum Gasteiger partial charge on any atom is -0.458 e. The van der Waals surface area contributed by atoms with Crippen LogP contribution in [0, 0.1) is 24.6 Å². The summed E-state index contributed by atoms with van der Waals surface area (Å²) in [7, 11) is 0. The number of amides is 1. The van der Waals surface area contributed by atoms with E-state index in [0.29, 0.717) is 66.4 Å². The van der Waals surface area contributed by atoms with Gasteiger partial charge in [0.1, 0.15) is 18.5 Å². The van der Waals surface area contributed by atoms with Gasteiger partial charge in [0.05, 0.1) is 35.1 Å². The molecule has 10 rings (SSSR count). The molecular formula is C38H40FN3O9. The first-order chi connectivity index (χ1) is 24.5. The molecular weight excluding hydrogens is 661 g/mol. The SMILES string of the molecule is CC[C@@]1(O)C(=O)OCc2c1cc1n(c2=O)Cc2c-1nc1cc(F)c(C)c3c1c2[C@@H](NC(=O)OC1CCCC2(C1)OO[C@]1(C[C@@H]4CC[C@H]1C4)O2)CC3. The van der Waals surface area contributed by atoms with Crippen molar-refractivity contribution in [2.24, 2.45) is 11.8 Å². The van der Waals surface area contributed by atoms with E-state index in [2.05, 4.69) is 5.32 Å². The summed E-state index contributed by atoms with van der Waals surface area (Å²) in [6.45, 7) is 3.30. The zero-order valence-electron chi connectivity index (χ0n) is 28.6. The molecule has 4 fully saturated rings. The molecule has 2 N–H and O–H groups in total. The van der Waals surface area contributed by atoms with Crippen molar-refractivity contribution in [2.45, 2.75) is 127 Å². The van der Waals surface area contributed by atoms with Gasteiger partial charge in [-0.1, -0.05) is 6.92 Å². The van der Waals surface area contributed by atoms with Gasteiger partial charge < -0.3 is 29.2 Å². The molecule has 1 amide bonds. The van der Waals surface area contributed by atoms with Gasteiger partial charge in [0.25, 0.3) is 5.56 Å². The highest BCUT2D eigenvalue weighted by Gasteiger charge is 2.63. The number of rotatable bonds is 3. The van der Waals surface area contributed by atoms with Crippen molar-refractivity contribution in [1.82, 2.24) is 14.9 Å².